The van der Waals surface area contributed by atoms with E-state index in [2.05, 4.69) is 44.0 Å². The van der Waals surface area contributed by atoms with E-state index in [4.69, 9.17) is 0 Å². The van der Waals surface area contributed by atoms with E-state index in [1.54, 1.807) is 0 Å². The molecule has 1 aliphatic rings. The fourth-order valence-electron chi connectivity index (χ4n) is 2.44. The maximum absolute atomic E-state index is 4.10. The van der Waals surface area contributed by atoms with E-state index in [-0.39, 0.29) is 0 Å². The summed E-state index contributed by atoms with van der Waals surface area (Å²) < 4.78 is 2.11. The molecule has 0 unspecified atom stereocenters. The van der Waals surface area contributed by atoms with Crippen LogP contribution < -0.4 is 10.2 Å². The summed E-state index contributed by atoms with van der Waals surface area (Å²) in [5.74, 6) is 0. The van der Waals surface area contributed by atoms with Crippen LogP contribution in [0.5, 0.6) is 0 Å². The van der Waals surface area contributed by atoms with Crippen LogP contribution in [0.3, 0.4) is 0 Å². The Labute approximate surface area is 107 Å². The molecule has 4 heteroatoms. The second-order valence-electron chi connectivity index (χ2n) is 4.60. The highest BCUT2D eigenvalue weighted by Crippen LogP contribution is 2.21. The van der Waals surface area contributed by atoms with E-state index >= 15 is 0 Å². The number of para-hydroxylation sites is 1. The molecule has 94 valence electrons. The largest absolute Gasteiger partial charge is 0.369 e. The first-order chi connectivity index (χ1) is 8.93. The molecule has 0 saturated carbocycles. The van der Waals surface area contributed by atoms with Gasteiger partial charge in [0.2, 0.25) is 0 Å². The van der Waals surface area contributed by atoms with E-state index in [1.165, 1.54) is 11.3 Å². The monoisotopic (exact) mass is 242 g/mol. The second-order valence-corrected chi connectivity index (χ2v) is 4.60. The molecule has 2 aromatic rings. The first kappa shape index (κ1) is 11.3. The summed E-state index contributed by atoms with van der Waals surface area (Å²) >= 11 is 0. The normalized spacial score (nSPS) is 15.9. The maximum Gasteiger partial charge on any atom is 0.0949 e. The van der Waals surface area contributed by atoms with Crippen molar-refractivity contribution in [3.05, 3.63) is 48.5 Å². The smallest absolute Gasteiger partial charge is 0.0949 e. The molecule has 0 radical (unpaired) electrons. The van der Waals surface area contributed by atoms with Gasteiger partial charge in [-0.25, -0.2) is 4.98 Å². The van der Waals surface area contributed by atoms with Crippen LogP contribution >= 0.6 is 0 Å². The van der Waals surface area contributed by atoms with Crippen molar-refractivity contribution in [2.75, 3.05) is 31.1 Å². The van der Waals surface area contributed by atoms with Crippen molar-refractivity contribution in [3.8, 4) is 0 Å². The average Bonchev–Trinajstić information content (AvgIpc) is 2.93. The van der Waals surface area contributed by atoms with Gasteiger partial charge in [-0.2, -0.15) is 0 Å². The van der Waals surface area contributed by atoms with Crippen molar-refractivity contribution in [1.29, 1.82) is 0 Å². The molecule has 1 aromatic carbocycles. The third kappa shape index (κ3) is 2.38. The topological polar surface area (TPSA) is 33.1 Å². The van der Waals surface area contributed by atoms with E-state index < -0.39 is 0 Å². The highest BCUT2D eigenvalue weighted by Gasteiger charge is 2.13. The number of rotatable bonds is 3. The molecule has 1 saturated heterocycles. The number of aromatic nitrogens is 2. The predicted molar refractivity (Wildman–Crippen MR) is 72.9 cm³/mol. The summed E-state index contributed by atoms with van der Waals surface area (Å²) in [5.41, 5.74) is 2.71. The van der Waals surface area contributed by atoms with E-state index in [9.17, 15) is 0 Å². The minimum atomic E-state index is 0.889. The first-order valence-corrected chi connectivity index (χ1v) is 6.43. The number of hydrogen-bond acceptors (Lipinski definition) is 3. The van der Waals surface area contributed by atoms with Gasteiger partial charge in [-0.05, 0) is 11.6 Å². The zero-order chi connectivity index (χ0) is 12.2. The van der Waals surface area contributed by atoms with Crippen molar-refractivity contribution < 1.29 is 0 Å². The summed E-state index contributed by atoms with van der Waals surface area (Å²) in [5, 5.41) is 3.39. The molecule has 18 heavy (non-hydrogen) atoms. The van der Waals surface area contributed by atoms with Gasteiger partial charge in [0.05, 0.1) is 12.9 Å². The highest BCUT2D eigenvalue weighted by atomic mass is 15.2. The van der Waals surface area contributed by atoms with Crippen molar-refractivity contribution in [2.24, 2.45) is 0 Å². The number of benzene rings is 1. The van der Waals surface area contributed by atoms with Gasteiger partial charge in [0.15, 0.2) is 0 Å². The Bertz CT molecular complexity index is 486. The lowest BCUT2D eigenvalue weighted by Crippen LogP contribution is -2.43. The van der Waals surface area contributed by atoms with Crippen molar-refractivity contribution in [2.45, 2.75) is 6.54 Å². The van der Waals surface area contributed by atoms with Gasteiger partial charge in [-0.3, -0.25) is 0 Å². The van der Waals surface area contributed by atoms with Crippen molar-refractivity contribution in [1.82, 2.24) is 14.9 Å². The standard InChI is InChI=1S/C14H18N4/c1-2-4-14(18-9-6-15-7-10-18)13(3-1)11-17-8-5-16-12-17/h1-5,8,12,15H,6-7,9-11H2. The molecule has 1 aliphatic heterocycles. The molecule has 0 aliphatic carbocycles. The molecule has 2 heterocycles. The number of piperazine rings is 1. The lowest BCUT2D eigenvalue weighted by atomic mass is 10.1. The Morgan fingerprint density at radius 1 is 1.17 bits per heavy atom. The number of anilines is 1. The Morgan fingerprint density at radius 3 is 2.78 bits per heavy atom. The van der Waals surface area contributed by atoms with Gasteiger partial charge in [0.25, 0.3) is 0 Å². The van der Waals surface area contributed by atoms with Gasteiger partial charge in [0, 0.05) is 44.3 Å². The number of nitrogens with one attached hydrogen (secondary N) is 1. The molecule has 4 nitrogen and oxygen atoms in total. The van der Waals surface area contributed by atoms with Crippen LogP contribution in [0.15, 0.2) is 43.0 Å². The SMILES string of the molecule is c1ccc(N2CCNCC2)c(Cn2ccnc2)c1. The molecule has 3 rings (SSSR count). The minimum Gasteiger partial charge on any atom is -0.369 e. The van der Waals surface area contributed by atoms with Crippen molar-refractivity contribution >= 4 is 5.69 Å². The fourth-order valence-corrected chi connectivity index (χ4v) is 2.44. The zero-order valence-electron chi connectivity index (χ0n) is 10.4. The molecule has 1 fully saturated rings. The van der Waals surface area contributed by atoms with Crippen LogP contribution in [-0.2, 0) is 6.54 Å². The van der Waals surface area contributed by atoms with E-state index in [0.717, 1.165) is 32.7 Å². The third-order valence-electron chi connectivity index (χ3n) is 3.36. The molecule has 1 N–H and O–H groups in total. The zero-order valence-corrected chi connectivity index (χ0v) is 10.4. The fraction of sp³-hybridized carbons (Fsp3) is 0.357. The van der Waals surface area contributed by atoms with Crippen molar-refractivity contribution in [3.63, 3.8) is 0 Å². The van der Waals surface area contributed by atoms with Crippen LogP contribution in [0.4, 0.5) is 5.69 Å². The second kappa shape index (κ2) is 5.23. The number of nitrogens with zero attached hydrogens (tertiary/aromatic N) is 3. The van der Waals surface area contributed by atoms with Crippen LogP contribution in [0.1, 0.15) is 5.56 Å². The summed E-state index contributed by atoms with van der Waals surface area (Å²) in [7, 11) is 0. The Hall–Kier alpha value is -1.81. The van der Waals surface area contributed by atoms with Crippen LogP contribution in [0.2, 0.25) is 0 Å². The Kier molecular flexibility index (Phi) is 3.28. The Balaban J connectivity index is 1.84. The van der Waals surface area contributed by atoms with Gasteiger partial charge in [-0.15, -0.1) is 0 Å². The predicted octanol–water partition coefficient (Wildman–Crippen LogP) is 1.34. The van der Waals surface area contributed by atoms with E-state index in [1.807, 2.05) is 18.7 Å². The molecule has 0 atom stereocenters. The molecular weight excluding hydrogens is 224 g/mol. The highest BCUT2D eigenvalue weighted by molar-refractivity contribution is 5.54. The quantitative estimate of drug-likeness (QED) is 0.881. The summed E-state index contributed by atoms with van der Waals surface area (Å²) in [6, 6.07) is 8.65. The first-order valence-electron chi connectivity index (χ1n) is 6.43. The van der Waals surface area contributed by atoms with Crippen LogP contribution in [0, 0.1) is 0 Å². The molecule has 0 spiro atoms. The Morgan fingerprint density at radius 2 is 2.00 bits per heavy atom. The molecule has 0 amide bonds. The lowest BCUT2D eigenvalue weighted by Gasteiger charge is -2.31. The van der Waals surface area contributed by atoms with Gasteiger partial charge in [-0.1, -0.05) is 18.2 Å². The lowest BCUT2D eigenvalue weighted by molar-refractivity contribution is 0.587. The van der Waals surface area contributed by atoms with Crippen LogP contribution in [0.25, 0.3) is 0 Å². The summed E-state index contributed by atoms with van der Waals surface area (Å²) in [4.78, 5) is 6.56. The number of imidazole rings is 1. The van der Waals surface area contributed by atoms with Gasteiger partial charge in [0.1, 0.15) is 0 Å². The summed E-state index contributed by atoms with van der Waals surface area (Å²) in [6.07, 6.45) is 5.70. The molecule has 1 aromatic heterocycles. The van der Waals surface area contributed by atoms with Gasteiger partial charge < -0.3 is 14.8 Å². The molecular formula is C14H18N4. The van der Waals surface area contributed by atoms with Gasteiger partial charge >= 0.3 is 0 Å². The van der Waals surface area contributed by atoms with Crippen LogP contribution in [-0.4, -0.2) is 35.7 Å². The minimum absolute atomic E-state index is 0.889. The number of hydrogen-bond donors (Lipinski definition) is 1. The van der Waals surface area contributed by atoms with E-state index in [0.29, 0.717) is 0 Å². The molecule has 0 bridgehead atoms. The maximum atomic E-state index is 4.10. The third-order valence-corrected chi connectivity index (χ3v) is 3.36. The average molecular weight is 242 g/mol. The summed E-state index contributed by atoms with van der Waals surface area (Å²) in [6.45, 7) is 5.20.